The van der Waals surface area contributed by atoms with Crippen molar-refractivity contribution in [2.75, 3.05) is 25.6 Å². The average molecular weight is 368 g/mol. The van der Waals surface area contributed by atoms with E-state index < -0.39 is 6.10 Å². The molecule has 1 heterocycles. The van der Waals surface area contributed by atoms with Gasteiger partial charge in [-0.3, -0.25) is 9.59 Å². The molecule has 0 aliphatic carbocycles. The molecule has 2 amide bonds. The Morgan fingerprint density at radius 3 is 2.78 bits per heavy atom. The van der Waals surface area contributed by atoms with Crippen LogP contribution in [0.15, 0.2) is 48.5 Å². The number of nitrogens with one attached hydrogen (secondary N) is 1. The minimum absolute atomic E-state index is 0.00763. The van der Waals surface area contributed by atoms with Crippen LogP contribution in [0.2, 0.25) is 0 Å². The van der Waals surface area contributed by atoms with Crippen LogP contribution < -0.4 is 10.1 Å². The number of fused-ring (bicyclic) bond motifs is 1. The van der Waals surface area contributed by atoms with Crippen LogP contribution in [0.5, 0.6) is 5.75 Å². The summed E-state index contributed by atoms with van der Waals surface area (Å²) in [6.07, 6.45) is 0.231. The summed E-state index contributed by atoms with van der Waals surface area (Å²) in [4.78, 5) is 26.3. The molecule has 1 N–H and O–H groups in total. The van der Waals surface area contributed by atoms with Crippen molar-refractivity contribution in [1.29, 1.82) is 0 Å². The lowest BCUT2D eigenvalue weighted by atomic mass is 10.1. The highest BCUT2D eigenvalue weighted by Crippen LogP contribution is 2.28. The van der Waals surface area contributed by atoms with Gasteiger partial charge >= 0.3 is 0 Å². The van der Waals surface area contributed by atoms with Crippen LogP contribution in [0.3, 0.4) is 0 Å². The molecule has 1 aliphatic rings. The van der Waals surface area contributed by atoms with Crippen LogP contribution in [-0.4, -0.2) is 43.1 Å². The second-order valence-electron chi connectivity index (χ2n) is 6.56. The molecule has 1 atom stereocenters. The summed E-state index contributed by atoms with van der Waals surface area (Å²) < 4.78 is 10.7. The number of methoxy groups -OCH3 is 1. The van der Waals surface area contributed by atoms with Gasteiger partial charge in [0.2, 0.25) is 5.91 Å². The van der Waals surface area contributed by atoms with E-state index in [9.17, 15) is 9.59 Å². The summed E-state index contributed by atoms with van der Waals surface area (Å²) in [5.41, 5.74) is 2.71. The average Bonchev–Trinajstić information content (AvgIpc) is 2.78. The first-order valence-electron chi connectivity index (χ1n) is 8.98. The normalized spacial score (nSPS) is 16.3. The number of carbonyl (C=O) groups is 2. The van der Waals surface area contributed by atoms with Crippen molar-refractivity contribution >= 4 is 17.5 Å². The summed E-state index contributed by atoms with van der Waals surface area (Å²) in [6, 6.07) is 15.5. The van der Waals surface area contributed by atoms with Crippen LogP contribution in [0.4, 0.5) is 5.69 Å². The van der Waals surface area contributed by atoms with Gasteiger partial charge in [-0.1, -0.05) is 30.3 Å². The van der Waals surface area contributed by atoms with Crippen molar-refractivity contribution in [2.45, 2.75) is 26.0 Å². The Kier molecular flexibility index (Phi) is 6.08. The maximum atomic E-state index is 12.7. The highest BCUT2D eigenvalue weighted by Gasteiger charge is 2.27. The number of nitrogens with zero attached hydrogens (tertiary/aromatic N) is 1. The first-order valence-corrected chi connectivity index (χ1v) is 8.98. The molecule has 2 aromatic rings. The van der Waals surface area contributed by atoms with Gasteiger partial charge in [0.15, 0.2) is 6.10 Å². The number of amides is 2. The highest BCUT2D eigenvalue weighted by molar-refractivity contribution is 5.92. The highest BCUT2D eigenvalue weighted by atomic mass is 16.5. The number of ether oxygens (including phenoxy) is 2. The maximum Gasteiger partial charge on any atom is 0.263 e. The van der Waals surface area contributed by atoms with E-state index >= 15 is 0 Å². The van der Waals surface area contributed by atoms with Crippen molar-refractivity contribution in [2.24, 2.45) is 0 Å². The first-order chi connectivity index (χ1) is 13.1. The Bertz CT molecular complexity index is 807. The molecule has 0 aromatic heterocycles. The van der Waals surface area contributed by atoms with Crippen LogP contribution in [0.1, 0.15) is 18.1 Å². The van der Waals surface area contributed by atoms with Gasteiger partial charge in [0.05, 0.1) is 0 Å². The number of benzene rings is 2. The molecule has 2 aromatic carbocycles. The Hall–Kier alpha value is -2.86. The lowest BCUT2D eigenvalue weighted by Gasteiger charge is -2.22. The second kappa shape index (κ2) is 8.68. The first kappa shape index (κ1) is 18.9. The minimum atomic E-state index is -0.545. The zero-order valence-electron chi connectivity index (χ0n) is 15.6. The van der Waals surface area contributed by atoms with E-state index in [-0.39, 0.29) is 18.4 Å². The molecule has 6 nitrogen and oxygen atoms in total. The second-order valence-corrected chi connectivity index (χ2v) is 6.56. The van der Waals surface area contributed by atoms with Gasteiger partial charge in [0.1, 0.15) is 12.4 Å². The van der Waals surface area contributed by atoms with Crippen molar-refractivity contribution in [1.82, 2.24) is 4.90 Å². The van der Waals surface area contributed by atoms with Gasteiger partial charge in [-0.25, -0.2) is 0 Å². The molecule has 1 unspecified atom stereocenters. The molecular formula is C21H24N2O4. The Labute approximate surface area is 159 Å². The van der Waals surface area contributed by atoms with Crippen LogP contribution in [0, 0.1) is 0 Å². The molecule has 27 heavy (non-hydrogen) atoms. The fourth-order valence-corrected chi connectivity index (χ4v) is 3.10. The fraction of sp³-hybridized carbons (Fsp3) is 0.333. The molecule has 0 saturated carbocycles. The van der Waals surface area contributed by atoms with Gasteiger partial charge in [-0.15, -0.1) is 0 Å². The number of hydrogen-bond donors (Lipinski definition) is 1. The molecule has 0 radical (unpaired) electrons. The van der Waals surface area contributed by atoms with Gasteiger partial charge in [-0.2, -0.15) is 0 Å². The molecule has 6 heteroatoms. The van der Waals surface area contributed by atoms with E-state index in [0.717, 1.165) is 12.0 Å². The van der Waals surface area contributed by atoms with Gasteiger partial charge < -0.3 is 19.7 Å². The van der Waals surface area contributed by atoms with Crippen molar-refractivity contribution in [3.05, 3.63) is 59.7 Å². The topological polar surface area (TPSA) is 67.9 Å². The number of carbonyl (C=O) groups excluding carboxylic acids is 2. The zero-order valence-corrected chi connectivity index (χ0v) is 15.6. The van der Waals surface area contributed by atoms with Crippen molar-refractivity contribution in [3.8, 4) is 5.75 Å². The van der Waals surface area contributed by atoms with E-state index in [1.807, 2.05) is 29.2 Å². The standard InChI is InChI=1S/C21H24N2O4/c1-15-21(25)23(11-10-16-6-4-3-5-7-16)13-17-12-18(8-9-19(17)27-15)22-20(24)14-26-2/h3-9,12,15H,10-11,13-14H2,1-2H3,(H,22,24). The summed E-state index contributed by atoms with van der Waals surface area (Å²) in [5, 5.41) is 2.79. The number of rotatable bonds is 6. The minimum Gasteiger partial charge on any atom is -0.481 e. The third-order valence-corrected chi connectivity index (χ3v) is 4.46. The molecule has 0 saturated heterocycles. The van der Waals surface area contributed by atoms with E-state index in [0.29, 0.717) is 24.5 Å². The Morgan fingerprint density at radius 1 is 1.26 bits per heavy atom. The van der Waals surface area contributed by atoms with E-state index in [1.165, 1.54) is 12.7 Å². The van der Waals surface area contributed by atoms with Crippen LogP contribution >= 0.6 is 0 Å². The summed E-state index contributed by atoms with van der Waals surface area (Å²) >= 11 is 0. The van der Waals surface area contributed by atoms with E-state index in [1.54, 1.807) is 19.1 Å². The lowest BCUT2D eigenvalue weighted by Crippen LogP contribution is -2.39. The summed E-state index contributed by atoms with van der Waals surface area (Å²) in [7, 11) is 1.47. The molecule has 3 rings (SSSR count). The van der Waals surface area contributed by atoms with Crippen LogP contribution in [-0.2, 0) is 27.3 Å². The monoisotopic (exact) mass is 368 g/mol. The number of anilines is 1. The molecule has 1 aliphatic heterocycles. The lowest BCUT2D eigenvalue weighted by molar-refractivity contribution is -0.137. The van der Waals surface area contributed by atoms with E-state index in [4.69, 9.17) is 9.47 Å². The van der Waals surface area contributed by atoms with Gasteiger partial charge in [-0.05, 0) is 37.1 Å². The summed E-state index contributed by atoms with van der Waals surface area (Å²) in [6.45, 7) is 2.81. The predicted octanol–water partition coefficient (Wildman–Crippen LogP) is 2.62. The summed E-state index contributed by atoms with van der Waals surface area (Å²) in [5.74, 6) is 0.410. The Morgan fingerprint density at radius 2 is 2.04 bits per heavy atom. The third kappa shape index (κ3) is 4.86. The zero-order chi connectivity index (χ0) is 19.2. The molecule has 0 bridgehead atoms. The third-order valence-electron chi connectivity index (χ3n) is 4.46. The van der Waals surface area contributed by atoms with Crippen molar-refractivity contribution in [3.63, 3.8) is 0 Å². The quantitative estimate of drug-likeness (QED) is 0.851. The Balaban J connectivity index is 1.76. The maximum absolute atomic E-state index is 12.7. The molecule has 142 valence electrons. The fourth-order valence-electron chi connectivity index (χ4n) is 3.10. The van der Waals surface area contributed by atoms with Gasteiger partial charge in [0, 0.05) is 31.5 Å². The number of hydrogen-bond acceptors (Lipinski definition) is 4. The van der Waals surface area contributed by atoms with Crippen molar-refractivity contribution < 1.29 is 19.1 Å². The van der Waals surface area contributed by atoms with Gasteiger partial charge in [0.25, 0.3) is 5.91 Å². The molecule has 0 spiro atoms. The SMILES string of the molecule is COCC(=O)Nc1ccc2c(c1)CN(CCc1ccccc1)C(=O)C(C)O2. The predicted molar refractivity (Wildman–Crippen MR) is 103 cm³/mol. The van der Waals surface area contributed by atoms with Crippen LogP contribution in [0.25, 0.3) is 0 Å². The largest absolute Gasteiger partial charge is 0.481 e. The van der Waals surface area contributed by atoms with E-state index in [2.05, 4.69) is 17.4 Å². The molecule has 0 fully saturated rings. The smallest absolute Gasteiger partial charge is 0.263 e. The molecular weight excluding hydrogens is 344 g/mol.